The molecule has 0 bridgehead atoms. The van der Waals surface area contributed by atoms with Crippen LogP contribution in [0.15, 0.2) is 34.3 Å². The van der Waals surface area contributed by atoms with Gasteiger partial charge in [0.2, 0.25) is 0 Å². The van der Waals surface area contributed by atoms with Gasteiger partial charge in [0.25, 0.3) is 6.29 Å². The molecule has 16 heavy (non-hydrogen) atoms. The summed E-state index contributed by atoms with van der Waals surface area (Å²) in [5.74, 6) is 0.104. The molecule has 2 rings (SSSR count). The Labute approximate surface area is 101 Å². The van der Waals surface area contributed by atoms with Crippen LogP contribution in [0.4, 0.5) is 0 Å². The summed E-state index contributed by atoms with van der Waals surface area (Å²) in [6, 6.07) is 4.83. The molecule has 1 unspecified atom stereocenters. The van der Waals surface area contributed by atoms with E-state index < -0.39 is 6.29 Å². The molecule has 1 N–H and O–H groups in total. The van der Waals surface area contributed by atoms with Crippen molar-refractivity contribution in [2.24, 2.45) is 0 Å². The molecule has 1 aliphatic heterocycles. The van der Waals surface area contributed by atoms with E-state index in [0.29, 0.717) is 15.8 Å². The van der Waals surface area contributed by atoms with Gasteiger partial charge in [0, 0.05) is 11.6 Å². The Balaban J connectivity index is 2.17. The van der Waals surface area contributed by atoms with Crippen LogP contribution < -0.4 is 4.74 Å². The summed E-state index contributed by atoms with van der Waals surface area (Å²) in [7, 11) is 0. The highest BCUT2D eigenvalue weighted by atomic mass is 79.9. The molecule has 0 saturated heterocycles. The third kappa shape index (κ3) is 2.04. The fourth-order valence-electron chi connectivity index (χ4n) is 1.28. The minimum absolute atomic E-state index is 0.0718. The molecule has 5 heteroatoms. The predicted molar refractivity (Wildman–Crippen MR) is 60.1 cm³/mol. The number of esters is 1. The number of benzene rings is 1. The minimum Gasteiger partial charge on any atom is -0.507 e. The van der Waals surface area contributed by atoms with Gasteiger partial charge >= 0.3 is 5.97 Å². The monoisotopic (exact) mass is 284 g/mol. The SMILES string of the molecule is CC1=CC(Oc2cccc(O)c2Br)OC1=O. The lowest BCUT2D eigenvalue weighted by atomic mass is 10.3. The lowest BCUT2D eigenvalue weighted by Crippen LogP contribution is -2.15. The first-order valence-electron chi connectivity index (χ1n) is 4.61. The number of cyclic esters (lactones) is 1. The van der Waals surface area contributed by atoms with E-state index in [2.05, 4.69) is 15.9 Å². The zero-order valence-electron chi connectivity index (χ0n) is 8.44. The Morgan fingerprint density at radius 2 is 2.25 bits per heavy atom. The highest BCUT2D eigenvalue weighted by Crippen LogP contribution is 2.34. The number of rotatable bonds is 2. The molecule has 4 nitrogen and oxygen atoms in total. The number of hydrogen-bond acceptors (Lipinski definition) is 4. The van der Waals surface area contributed by atoms with Crippen molar-refractivity contribution in [1.29, 1.82) is 0 Å². The second-order valence-corrected chi connectivity index (χ2v) is 4.12. The summed E-state index contributed by atoms with van der Waals surface area (Å²) in [6.45, 7) is 1.66. The number of carbonyl (C=O) groups is 1. The van der Waals surface area contributed by atoms with Gasteiger partial charge in [-0.2, -0.15) is 0 Å². The van der Waals surface area contributed by atoms with Crippen molar-refractivity contribution in [2.45, 2.75) is 13.2 Å². The topological polar surface area (TPSA) is 55.8 Å². The minimum atomic E-state index is -0.731. The molecular formula is C11H9BrO4. The molecular weight excluding hydrogens is 276 g/mol. The fraction of sp³-hybridized carbons (Fsp3) is 0.182. The van der Waals surface area contributed by atoms with Crippen molar-refractivity contribution in [3.8, 4) is 11.5 Å². The van der Waals surface area contributed by atoms with E-state index in [4.69, 9.17) is 9.47 Å². The lowest BCUT2D eigenvalue weighted by Gasteiger charge is -2.13. The van der Waals surface area contributed by atoms with Crippen molar-refractivity contribution in [3.63, 3.8) is 0 Å². The fourth-order valence-corrected chi connectivity index (χ4v) is 1.64. The van der Waals surface area contributed by atoms with Gasteiger partial charge in [-0.1, -0.05) is 6.07 Å². The molecule has 1 aromatic carbocycles. The number of ether oxygens (including phenoxy) is 2. The van der Waals surface area contributed by atoms with Crippen LogP contribution in [0.2, 0.25) is 0 Å². The van der Waals surface area contributed by atoms with Gasteiger partial charge in [0.1, 0.15) is 16.0 Å². The van der Waals surface area contributed by atoms with E-state index in [1.54, 1.807) is 25.1 Å². The Bertz CT molecular complexity index is 467. The van der Waals surface area contributed by atoms with Crippen LogP contribution in [0.3, 0.4) is 0 Å². The third-order valence-electron chi connectivity index (χ3n) is 2.12. The smallest absolute Gasteiger partial charge is 0.336 e. The molecule has 0 aliphatic carbocycles. The molecule has 0 spiro atoms. The van der Waals surface area contributed by atoms with Crippen LogP contribution >= 0.6 is 15.9 Å². The van der Waals surface area contributed by atoms with Gasteiger partial charge < -0.3 is 14.6 Å². The zero-order chi connectivity index (χ0) is 11.7. The summed E-state index contributed by atoms with van der Waals surface area (Å²) in [5, 5.41) is 9.43. The van der Waals surface area contributed by atoms with Gasteiger partial charge in [-0.3, -0.25) is 0 Å². The van der Waals surface area contributed by atoms with Crippen molar-refractivity contribution in [3.05, 3.63) is 34.3 Å². The second kappa shape index (κ2) is 4.17. The van der Waals surface area contributed by atoms with E-state index in [1.165, 1.54) is 6.07 Å². The van der Waals surface area contributed by atoms with Crippen LogP contribution in [0.1, 0.15) is 6.92 Å². The lowest BCUT2D eigenvalue weighted by molar-refractivity contribution is -0.148. The first-order chi connectivity index (χ1) is 7.58. The van der Waals surface area contributed by atoms with Crippen LogP contribution in [-0.2, 0) is 9.53 Å². The molecule has 0 saturated carbocycles. The molecule has 84 valence electrons. The molecule has 1 aromatic rings. The molecule has 0 radical (unpaired) electrons. The molecule has 1 atom stereocenters. The van der Waals surface area contributed by atoms with Gasteiger partial charge in [0.05, 0.1) is 0 Å². The van der Waals surface area contributed by atoms with Crippen molar-refractivity contribution in [2.75, 3.05) is 0 Å². The predicted octanol–water partition coefficient (Wildman–Crippen LogP) is 2.36. The summed E-state index contributed by atoms with van der Waals surface area (Å²) in [6.07, 6.45) is 0.851. The molecule has 0 amide bonds. The highest BCUT2D eigenvalue weighted by molar-refractivity contribution is 9.10. The Hall–Kier alpha value is -1.49. The maximum absolute atomic E-state index is 11.1. The van der Waals surface area contributed by atoms with Crippen molar-refractivity contribution < 1.29 is 19.4 Å². The number of phenolic OH excluding ortho intramolecular Hbond substituents is 1. The molecule has 1 heterocycles. The zero-order valence-corrected chi connectivity index (χ0v) is 10.0. The first kappa shape index (κ1) is 11.0. The molecule has 0 fully saturated rings. The third-order valence-corrected chi connectivity index (χ3v) is 2.91. The Morgan fingerprint density at radius 1 is 1.50 bits per heavy atom. The van der Waals surface area contributed by atoms with Crippen molar-refractivity contribution in [1.82, 2.24) is 0 Å². The van der Waals surface area contributed by atoms with E-state index in [-0.39, 0.29) is 11.7 Å². The first-order valence-corrected chi connectivity index (χ1v) is 5.41. The maximum Gasteiger partial charge on any atom is 0.336 e. The van der Waals surface area contributed by atoms with Gasteiger partial charge in [-0.05, 0) is 35.0 Å². The van der Waals surface area contributed by atoms with Crippen LogP contribution in [-0.4, -0.2) is 17.4 Å². The highest BCUT2D eigenvalue weighted by Gasteiger charge is 2.24. The van der Waals surface area contributed by atoms with Crippen molar-refractivity contribution >= 4 is 21.9 Å². The largest absolute Gasteiger partial charge is 0.507 e. The number of hydrogen-bond donors (Lipinski definition) is 1. The second-order valence-electron chi connectivity index (χ2n) is 3.33. The summed E-state index contributed by atoms with van der Waals surface area (Å²) in [4.78, 5) is 11.1. The van der Waals surface area contributed by atoms with E-state index in [9.17, 15) is 9.90 Å². The molecule has 1 aliphatic rings. The quantitative estimate of drug-likeness (QED) is 0.847. The van der Waals surface area contributed by atoms with Gasteiger partial charge in [-0.25, -0.2) is 4.79 Å². The average Bonchev–Trinajstić information content (AvgIpc) is 2.54. The van der Waals surface area contributed by atoms with Crippen LogP contribution in [0, 0.1) is 0 Å². The average molecular weight is 285 g/mol. The molecule has 0 aromatic heterocycles. The summed E-state index contributed by atoms with van der Waals surface area (Å²) >= 11 is 3.18. The maximum atomic E-state index is 11.1. The van der Waals surface area contributed by atoms with Crippen LogP contribution in [0.5, 0.6) is 11.5 Å². The number of phenols is 1. The normalized spacial score (nSPS) is 19.2. The van der Waals surface area contributed by atoms with Gasteiger partial charge in [0.15, 0.2) is 0 Å². The number of carbonyl (C=O) groups excluding carboxylic acids is 1. The van der Waals surface area contributed by atoms with E-state index >= 15 is 0 Å². The Morgan fingerprint density at radius 3 is 2.88 bits per heavy atom. The Kier molecular flexibility index (Phi) is 2.87. The number of halogens is 1. The van der Waals surface area contributed by atoms with E-state index in [1.807, 2.05) is 0 Å². The van der Waals surface area contributed by atoms with Crippen LogP contribution in [0.25, 0.3) is 0 Å². The number of aromatic hydroxyl groups is 1. The summed E-state index contributed by atoms with van der Waals surface area (Å²) < 4.78 is 10.8. The van der Waals surface area contributed by atoms with Gasteiger partial charge in [-0.15, -0.1) is 0 Å². The van der Waals surface area contributed by atoms with E-state index in [0.717, 1.165) is 0 Å². The summed E-state index contributed by atoms with van der Waals surface area (Å²) in [5.41, 5.74) is 0.515. The standard InChI is InChI=1S/C11H9BrO4/c1-6-5-9(16-11(6)14)15-8-4-2-3-7(13)10(8)12/h2-5,9,13H,1H3.